The molecule has 0 saturated carbocycles. The van der Waals surface area contributed by atoms with Gasteiger partial charge in [0.25, 0.3) is 0 Å². The first-order chi connectivity index (χ1) is 13.6. The van der Waals surface area contributed by atoms with Crippen molar-refractivity contribution < 1.29 is 9.59 Å². The maximum atomic E-state index is 12.4. The van der Waals surface area contributed by atoms with Crippen LogP contribution in [-0.2, 0) is 16.1 Å². The van der Waals surface area contributed by atoms with Gasteiger partial charge in [-0.1, -0.05) is 30.3 Å². The lowest BCUT2D eigenvalue weighted by Crippen LogP contribution is -2.56. The number of nitrogens with zero attached hydrogens (tertiary/aromatic N) is 2. The minimum Gasteiger partial charge on any atom is -0.383 e. The third-order valence-corrected chi connectivity index (χ3v) is 4.83. The van der Waals surface area contributed by atoms with E-state index >= 15 is 0 Å². The van der Waals surface area contributed by atoms with Crippen molar-refractivity contribution in [2.75, 3.05) is 31.5 Å². The Kier molecular flexibility index (Phi) is 6.97. The smallest absolute Gasteiger partial charge is 0.237 e. The van der Waals surface area contributed by atoms with E-state index in [9.17, 15) is 9.59 Å². The molecule has 0 aliphatic carbocycles. The van der Waals surface area contributed by atoms with Gasteiger partial charge in [-0.15, -0.1) is 0 Å². The zero-order valence-corrected chi connectivity index (χ0v) is 16.1. The van der Waals surface area contributed by atoms with Gasteiger partial charge in [-0.3, -0.25) is 19.5 Å². The molecular weight excluding hydrogens is 354 g/mol. The Labute approximate surface area is 165 Å². The predicted molar refractivity (Wildman–Crippen MR) is 109 cm³/mol. The van der Waals surface area contributed by atoms with Gasteiger partial charge in [-0.2, -0.15) is 0 Å². The first kappa shape index (κ1) is 19.8. The number of pyridine rings is 1. The summed E-state index contributed by atoms with van der Waals surface area (Å²) in [5.41, 5.74) is 3.20. The van der Waals surface area contributed by atoms with Gasteiger partial charge in [0.2, 0.25) is 11.8 Å². The maximum Gasteiger partial charge on any atom is 0.237 e. The van der Waals surface area contributed by atoms with E-state index < -0.39 is 6.04 Å². The molecule has 7 heteroatoms. The van der Waals surface area contributed by atoms with E-state index in [2.05, 4.69) is 25.8 Å². The molecule has 1 aliphatic heterocycles. The van der Waals surface area contributed by atoms with Crippen molar-refractivity contribution >= 4 is 17.5 Å². The van der Waals surface area contributed by atoms with Crippen molar-refractivity contribution in [2.45, 2.75) is 25.9 Å². The second-order valence-corrected chi connectivity index (χ2v) is 6.93. The highest BCUT2D eigenvalue weighted by Gasteiger charge is 2.31. The first-order valence-corrected chi connectivity index (χ1v) is 9.60. The van der Waals surface area contributed by atoms with E-state index in [1.807, 2.05) is 43.3 Å². The van der Waals surface area contributed by atoms with Crippen LogP contribution in [0.4, 0.5) is 5.69 Å². The van der Waals surface area contributed by atoms with Crippen LogP contribution in [-0.4, -0.2) is 53.9 Å². The zero-order valence-electron chi connectivity index (χ0n) is 16.1. The van der Waals surface area contributed by atoms with E-state index in [4.69, 9.17) is 0 Å². The molecule has 7 nitrogen and oxygen atoms in total. The minimum absolute atomic E-state index is 0.0807. The zero-order chi connectivity index (χ0) is 19.8. The number of carbonyl (C=O) groups excluding carboxylic acids is 2. The Balaban J connectivity index is 1.47. The number of hydrogen-bond acceptors (Lipinski definition) is 5. The van der Waals surface area contributed by atoms with Crippen LogP contribution in [0.2, 0.25) is 0 Å². The molecule has 0 spiro atoms. The van der Waals surface area contributed by atoms with Gasteiger partial charge < -0.3 is 16.0 Å². The van der Waals surface area contributed by atoms with Crippen LogP contribution in [0.1, 0.15) is 17.5 Å². The summed E-state index contributed by atoms with van der Waals surface area (Å²) in [6.45, 7) is 5.10. The fraction of sp³-hybridized carbons (Fsp3) is 0.381. The third kappa shape index (κ3) is 5.53. The SMILES string of the molecule is Cc1cnccc1NCCNC(=O)CC1C(=O)NCCN1Cc1ccccc1. The van der Waals surface area contributed by atoms with E-state index in [0.29, 0.717) is 26.2 Å². The molecule has 2 aromatic rings. The quantitative estimate of drug-likeness (QED) is 0.600. The van der Waals surface area contributed by atoms with Crippen LogP contribution in [0.3, 0.4) is 0 Å². The molecule has 1 fully saturated rings. The molecule has 1 aliphatic rings. The average molecular weight is 381 g/mol. The Morgan fingerprint density at radius 1 is 1.25 bits per heavy atom. The van der Waals surface area contributed by atoms with Crippen LogP contribution < -0.4 is 16.0 Å². The number of piperazine rings is 1. The topological polar surface area (TPSA) is 86.4 Å². The fourth-order valence-electron chi connectivity index (χ4n) is 3.31. The van der Waals surface area contributed by atoms with Crippen molar-refractivity contribution in [1.82, 2.24) is 20.5 Å². The van der Waals surface area contributed by atoms with Gasteiger partial charge in [0.05, 0.1) is 12.5 Å². The van der Waals surface area contributed by atoms with Gasteiger partial charge in [0.15, 0.2) is 0 Å². The molecule has 0 radical (unpaired) electrons. The van der Waals surface area contributed by atoms with E-state index in [1.54, 1.807) is 12.4 Å². The van der Waals surface area contributed by atoms with Crippen molar-refractivity contribution in [3.63, 3.8) is 0 Å². The minimum atomic E-state index is -0.440. The van der Waals surface area contributed by atoms with Gasteiger partial charge in [0, 0.05) is 50.8 Å². The Hall–Kier alpha value is -2.93. The first-order valence-electron chi connectivity index (χ1n) is 9.60. The molecule has 1 unspecified atom stereocenters. The number of benzene rings is 1. The second-order valence-electron chi connectivity index (χ2n) is 6.93. The Bertz CT molecular complexity index is 796. The standard InChI is InChI=1S/C21H27N5O2/c1-16-14-22-8-7-18(16)23-9-10-24-20(27)13-19-21(28)25-11-12-26(19)15-17-5-3-2-4-6-17/h2-8,14,19H,9-13,15H2,1H3,(H,22,23)(H,24,27)(H,25,28). The molecule has 3 N–H and O–H groups in total. The van der Waals surface area contributed by atoms with Crippen LogP contribution >= 0.6 is 0 Å². The molecule has 0 bridgehead atoms. The molecule has 148 valence electrons. The summed E-state index contributed by atoms with van der Waals surface area (Å²) in [6, 6.07) is 11.5. The lowest BCUT2D eigenvalue weighted by molar-refractivity contribution is -0.134. The molecule has 2 amide bonds. The highest BCUT2D eigenvalue weighted by molar-refractivity contribution is 5.88. The van der Waals surface area contributed by atoms with Gasteiger partial charge in [-0.25, -0.2) is 0 Å². The van der Waals surface area contributed by atoms with Crippen molar-refractivity contribution in [3.05, 3.63) is 59.9 Å². The van der Waals surface area contributed by atoms with E-state index in [0.717, 1.165) is 23.4 Å². The number of anilines is 1. The Morgan fingerprint density at radius 3 is 2.86 bits per heavy atom. The van der Waals surface area contributed by atoms with Crippen LogP contribution in [0.15, 0.2) is 48.8 Å². The molecule has 1 aromatic heterocycles. The van der Waals surface area contributed by atoms with Gasteiger partial charge >= 0.3 is 0 Å². The third-order valence-electron chi connectivity index (χ3n) is 4.83. The summed E-state index contributed by atoms with van der Waals surface area (Å²) in [5, 5.41) is 9.05. The number of carbonyl (C=O) groups is 2. The van der Waals surface area contributed by atoms with Gasteiger partial charge in [0.1, 0.15) is 0 Å². The van der Waals surface area contributed by atoms with E-state index in [1.165, 1.54) is 0 Å². The van der Waals surface area contributed by atoms with Crippen molar-refractivity contribution in [2.24, 2.45) is 0 Å². The Morgan fingerprint density at radius 2 is 2.07 bits per heavy atom. The highest BCUT2D eigenvalue weighted by Crippen LogP contribution is 2.14. The van der Waals surface area contributed by atoms with Crippen molar-refractivity contribution in [3.8, 4) is 0 Å². The van der Waals surface area contributed by atoms with Crippen LogP contribution in [0, 0.1) is 6.92 Å². The molecule has 3 rings (SSSR count). The fourth-order valence-corrected chi connectivity index (χ4v) is 3.31. The van der Waals surface area contributed by atoms with Gasteiger partial charge in [-0.05, 0) is 24.1 Å². The summed E-state index contributed by atoms with van der Waals surface area (Å²) in [7, 11) is 0. The van der Waals surface area contributed by atoms with Crippen molar-refractivity contribution in [1.29, 1.82) is 0 Å². The monoisotopic (exact) mass is 381 g/mol. The lowest BCUT2D eigenvalue weighted by Gasteiger charge is -2.34. The molecule has 28 heavy (non-hydrogen) atoms. The average Bonchev–Trinajstić information content (AvgIpc) is 2.70. The van der Waals surface area contributed by atoms with Crippen LogP contribution in [0.5, 0.6) is 0 Å². The summed E-state index contributed by atoms with van der Waals surface area (Å²) in [6.07, 6.45) is 3.69. The summed E-state index contributed by atoms with van der Waals surface area (Å²) < 4.78 is 0. The summed E-state index contributed by atoms with van der Waals surface area (Å²) in [4.78, 5) is 30.8. The van der Waals surface area contributed by atoms with Crippen LogP contribution in [0.25, 0.3) is 0 Å². The number of rotatable bonds is 8. The second kappa shape index (κ2) is 9.85. The molecule has 1 atom stereocenters. The number of aryl methyl sites for hydroxylation is 1. The molecule has 2 heterocycles. The number of nitrogens with one attached hydrogen (secondary N) is 3. The summed E-state index contributed by atoms with van der Waals surface area (Å²) >= 11 is 0. The van der Waals surface area contributed by atoms with E-state index in [-0.39, 0.29) is 18.2 Å². The summed E-state index contributed by atoms with van der Waals surface area (Å²) in [5.74, 6) is -0.198. The molecule has 1 saturated heterocycles. The highest BCUT2D eigenvalue weighted by atomic mass is 16.2. The number of aromatic nitrogens is 1. The molecule has 1 aromatic carbocycles. The predicted octanol–water partition coefficient (Wildman–Crippen LogP) is 1.31. The number of hydrogen-bond donors (Lipinski definition) is 3. The lowest BCUT2D eigenvalue weighted by atomic mass is 10.1. The largest absolute Gasteiger partial charge is 0.383 e. The normalized spacial score (nSPS) is 17.0. The number of amides is 2. The molecular formula is C21H27N5O2. The maximum absolute atomic E-state index is 12.4.